The van der Waals surface area contributed by atoms with Crippen molar-refractivity contribution in [2.75, 3.05) is 14.2 Å². The molecule has 1 atom stereocenters. The van der Waals surface area contributed by atoms with E-state index in [4.69, 9.17) is 21.1 Å². The van der Waals surface area contributed by atoms with Crippen molar-refractivity contribution in [1.82, 2.24) is 5.32 Å². The predicted molar refractivity (Wildman–Crippen MR) is 93.0 cm³/mol. The summed E-state index contributed by atoms with van der Waals surface area (Å²) in [6, 6.07) is 12.3. The minimum absolute atomic E-state index is 0.351. The van der Waals surface area contributed by atoms with E-state index in [-0.39, 0.29) is 0 Å². The summed E-state index contributed by atoms with van der Waals surface area (Å²) in [6.45, 7) is 0.351. The first-order valence-electron chi connectivity index (χ1n) is 7.45. The Morgan fingerprint density at radius 2 is 1.88 bits per heavy atom. The minimum Gasteiger partial charge on any atom is -0.493 e. The lowest BCUT2D eigenvalue weighted by atomic mass is 10.1. The quantitative estimate of drug-likeness (QED) is 0.766. The first-order valence-corrected chi connectivity index (χ1v) is 7.83. The molecule has 0 aromatic heterocycles. The second-order valence-corrected chi connectivity index (χ2v) is 5.68. The number of benzene rings is 2. The molecule has 2 aromatic rings. The zero-order chi connectivity index (χ0) is 17.5. The normalized spacial score (nSPS) is 11.8. The summed E-state index contributed by atoms with van der Waals surface area (Å²) in [7, 11) is 3.04. The Labute approximate surface area is 146 Å². The molecule has 0 amide bonds. The minimum atomic E-state index is -0.898. The molecule has 5 nitrogen and oxygen atoms in total. The van der Waals surface area contributed by atoms with Gasteiger partial charge in [-0.3, -0.25) is 4.79 Å². The van der Waals surface area contributed by atoms with Crippen LogP contribution in [0.1, 0.15) is 11.1 Å². The Bertz CT molecular complexity index is 691. The van der Waals surface area contributed by atoms with E-state index in [2.05, 4.69) is 5.32 Å². The third-order valence-electron chi connectivity index (χ3n) is 3.63. The Hall–Kier alpha value is -2.24. The number of carbonyl (C=O) groups is 1. The van der Waals surface area contributed by atoms with Gasteiger partial charge in [-0.15, -0.1) is 0 Å². The third-order valence-corrected chi connectivity index (χ3v) is 3.91. The molecule has 0 heterocycles. The molecule has 2 rings (SSSR count). The summed E-state index contributed by atoms with van der Waals surface area (Å²) in [6.07, 6.45) is 0.400. The SMILES string of the molecule is COc1cc(CN[C@@H](Cc2ccccc2)C(=O)O)cc(Cl)c1OC. The van der Waals surface area contributed by atoms with Gasteiger partial charge in [0.2, 0.25) is 0 Å². The number of methoxy groups -OCH3 is 2. The van der Waals surface area contributed by atoms with Crippen molar-refractivity contribution in [3.63, 3.8) is 0 Å². The van der Waals surface area contributed by atoms with E-state index in [1.54, 1.807) is 12.1 Å². The second kappa shape index (κ2) is 8.57. The summed E-state index contributed by atoms with van der Waals surface area (Å²) in [4.78, 5) is 11.5. The third kappa shape index (κ3) is 4.63. The number of nitrogens with one attached hydrogen (secondary N) is 1. The predicted octanol–water partition coefficient (Wildman–Crippen LogP) is 3.14. The van der Waals surface area contributed by atoms with Gasteiger partial charge in [-0.25, -0.2) is 0 Å². The van der Waals surface area contributed by atoms with Gasteiger partial charge in [0.1, 0.15) is 6.04 Å². The van der Waals surface area contributed by atoms with Gasteiger partial charge < -0.3 is 19.9 Å². The Balaban J connectivity index is 2.09. The largest absolute Gasteiger partial charge is 0.493 e. The van der Waals surface area contributed by atoms with E-state index in [0.717, 1.165) is 11.1 Å². The van der Waals surface area contributed by atoms with Gasteiger partial charge in [-0.1, -0.05) is 41.9 Å². The van der Waals surface area contributed by atoms with Crippen molar-refractivity contribution in [1.29, 1.82) is 0 Å². The molecule has 0 saturated carbocycles. The second-order valence-electron chi connectivity index (χ2n) is 5.27. The number of carboxylic acids is 1. The summed E-state index contributed by atoms with van der Waals surface area (Å²) in [5.41, 5.74) is 1.78. The fourth-order valence-electron chi connectivity index (χ4n) is 2.41. The maximum atomic E-state index is 11.5. The van der Waals surface area contributed by atoms with Crippen LogP contribution >= 0.6 is 11.6 Å². The molecule has 0 aliphatic heterocycles. The maximum Gasteiger partial charge on any atom is 0.321 e. The van der Waals surface area contributed by atoms with Crippen molar-refractivity contribution >= 4 is 17.6 Å². The highest BCUT2D eigenvalue weighted by Crippen LogP contribution is 2.35. The van der Waals surface area contributed by atoms with Gasteiger partial charge in [0.25, 0.3) is 0 Å². The van der Waals surface area contributed by atoms with Crippen molar-refractivity contribution in [3.05, 3.63) is 58.6 Å². The van der Waals surface area contributed by atoms with E-state index >= 15 is 0 Å². The number of hydrogen-bond acceptors (Lipinski definition) is 4. The zero-order valence-electron chi connectivity index (χ0n) is 13.6. The molecule has 0 radical (unpaired) electrons. The van der Waals surface area contributed by atoms with Gasteiger partial charge in [0, 0.05) is 6.54 Å². The molecule has 0 bridgehead atoms. The van der Waals surface area contributed by atoms with Crippen LogP contribution in [-0.4, -0.2) is 31.3 Å². The monoisotopic (exact) mass is 349 g/mol. The molecule has 128 valence electrons. The van der Waals surface area contributed by atoms with Crippen LogP contribution in [0.25, 0.3) is 0 Å². The highest BCUT2D eigenvalue weighted by molar-refractivity contribution is 6.32. The Kier molecular flexibility index (Phi) is 6.46. The van der Waals surface area contributed by atoms with E-state index in [0.29, 0.717) is 29.5 Å². The number of hydrogen-bond donors (Lipinski definition) is 2. The Morgan fingerprint density at radius 1 is 1.17 bits per heavy atom. The number of carboxylic acid groups (broad SMARTS) is 1. The molecule has 24 heavy (non-hydrogen) atoms. The van der Waals surface area contributed by atoms with Crippen LogP contribution in [0, 0.1) is 0 Å². The summed E-state index contributed by atoms with van der Waals surface area (Å²) in [5, 5.41) is 12.9. The van der Waals surface area contributed by atoms with Gasteiger partial charge in [0.15, 0.2) is 11.5 Å². The van der Waals surface area contributed by atoms with Crippen LogP contribution in [0.2, 0.25) is 5.02 Å². The topological polar surface area (TPSA) is 67.8 Å². The fraction of sp³-hybridized carbons (Fsp3) is 0.278. The van der Waals surface area contributed by atoms with Crippen molar-refractivity contribution in [3.8, 4) is 11.5 Å². The van der Waals surface area contributed by atoms with Crippen LogP contribution < -0.4 is 14.8 Å². The highest BCUT2D eigenvalue weighted by Gasteiger charge is 2.18. The van der Waals surface area contributed by atoms with Crippen molar-refractivity contribution in [2.24, 2.45) is 0 Å². The average Bonchev–Trinajstić information content (AvgIpc) is 2.58. The van der Waals surface area contributed by atoms with E-state index in [1.165, 1.54) is 14.2 Å². The van der Waals surface area contributed by atoms with Crippen LogP contribution in [0.4, 0.5) is 0 Å². The van der Waals surface area contributed by atoms with Gasteiger partial charge in [0.05, 0.1) is 19.2 Å². The maximum absolute atomic E-state index is 11.5. The van der Waals surface area contributed by atoms with Gasteiger partial charge >= 0.3 is 5.97 Å². The van der Waals surface area contributed by atoms with Crippen molar-refractivity contribution < 1.29 is 19.4 Å². The van der Waals surface area contributed by atoms with E-state index in [1.807, 2.05) is 30.3 Å². The standard InChI is InChI=1S/C18H20ClNO4/c1-23-16-10-13(8-14(19)17(16)24-2)11-20-15(18(21)22)9-12-6-4-3-5-7-12/h3-8,10,15,20H,9,11H2,1-2H3,(H,21,22)/t15-/m0/s1. The number of halogens is 1. The number of rotatable bonds is 8. The molecule has 0 aliphatic rings. The van der Waals surface area contributed by atoms with Crippen LogP contribution in [0.15, 0.2) is 42.5 Å². The fourth-order valence-corrected chi connectivity index (χ4v) is 2.72. The zero-order valence-corrected chi connectivity index (χ0v) is 14.3. The molecule has 0 fully saturated rings. The summed E-state index contributed by atoms with van der Waals surface area (Å²) < 4.78 is 10.4. The molecular formula is C18H20ClNO4. The highest BCUT2D eigenvalue weighted by atomic mass is 35.5. The summed E-state index contributed by atoms with van der Waals surface area (Å²) in [5.74, 6) is 0.0733. The van der Waals surface area contributed by atoms with Crippen LogP contribution in [0.3, 0.4) is 0 Å². The first kappa shape index (κ1) is 18.1. The summed E-state index contributed by atoms with van der Waals surface area (Å²) >= 11 is 6.17. The lowest BCUT2D eigenvalue weighted by Crippen LogP contribution is -2.38. The molecule has 2 aromatic carbocycles. The average molecular weight is 350 g/mol. The molecule has 2 N–H and O–H groups in total. The van der Waals surface area contributed by atoms with Crippen LogP contribution in [0.5, 0.6) is 11.5 Å². The molecule has 0 unspecified atom stereocenters. The van der Waals surface area contributed by atoms with E-state index < -0.39 is 12.0 Å². The lowest BCUT2D eigenvalue weighted by molar-refractivity contribution is -0.139. The smallest absolute Gasteiger partial charge is 0.321 e. The van der Waals surface area contributed by atoms with E-state index in [9.17, 15) is 9.90 Å². The van der Waals surface area contributed by atoms with Crippen molar-refractivity contribution in [2.45, 2.75) is 19.0 Å². The number of aliphatic carboxylic acids is 1. The first-order chi connectivity index (χ1) is 11.5. The van der Waals surface area contributed by atoms with Gasteiger partial charge in [-0.2, -0.15) is 0 Å². The number of ether oxygens (including phenoxy) is 2. The molecule has 0 saturated heterocycles. The molecule has 6 heteroatoms. The van der Waals surface area contributed by atoms with Crippen LogP contribution in [-0.2, 0) is 17.8 Å². The molecule has 0 spiro atoms. The molecule has 0 aliphatic carbocycles. The Morgan fingerprint density at radius 3 is 2.46 bits per heavy atom. The lowest BCUT2D eigenvalue weighted by Gasteiger charge is -2.16. The molecular weight excluding hydrogens is 330 g/mol. The van der Waals surface area contributed by atoms with Gasteiger partial charge in [-0.05, 0) is 29.7 Å².